The van der Waals surface area contributed by atoms with E-state index in [0.29, 0.717) is 18.3 Å². The number of rotatable bonds is 29. The van der Waals surface area contributed by atoms with Crippen molar-refractivity contribution >= 4 is 19.9 Å². The second-order valence-corrected chi connectivity index (χ2v) is 15.7. The zero-order chi connectivity index (χ0) is 37.1. The summed E-state index contributed by atoms with van der Waals surface area (Å²) in [7, 11) is -2.04. The molecule has 12 heteroatoms. The largest absolute Gasteiger partial charge is 0.382 e. The number of hydrogen-bond donors (Lipinski definition) is 2. The Kier molecular flexibility index (Phi) is 24.4. The number of nitrogens with two attached hydrogens (primary N) is 1. The Morgan fingerprint density at radius 1 is 0.846 bits per heavy atom. The summed E-state index contributed by atoms with van der Waals surface area (Å²) in [6.45, 7) is 8.24. The Balaban J connectivity index is 0.00000358. The fourth-order valence-electron chi connectivity index (χ4n) is 7.33. The predicted octanol–water partition coefficient (Wildman–Crippen LogP) is 10.2. The van der Waals surface area contributed by atoms with Crippen molar-refractivity contribution in [3.8, 4) is 6.57 Å². The van der Waals surface area contributed by atoms with Crippen LogP contribution in [0.4, 0.5) is 5.82 Å². The standard InChI is InChI=1S/C39H69N4O6P.CHN/c1-2-3-4-5-6-7-8-9-10-11-12-13-14-15-16-20-27-45-29-35(46-28-33-21-18-17-19-22-33)31-48-50(44)47-30-34-23-26-38(49-34)36-24-25-37-39(40)41-32-42-43(36)37;1-2/h24-25,32-35,38,44H,2-23,26-31H2,1H3,(H2,40,41,42);1H. The highest BCUT2D eigenvalue weighted by atomic mass is 31.2. The van der Waals surface area contributed by atoms with Crippen LogP contribution in [0.1, 0.15) is 166 Å². The molecular formula is C40H70N5O6P. The van der Waals surface area contributed by atoms with Crippen molar-refractivity contribution in [2.24, 2.45) is 5.92 Å². The molecule has 0 spiro atoms. The molecule has 1 aliphatic carbocycles. The lowest BCUT2D eigenvalue weighted by molar-refractivity contribution is -0.0554. The number of ether oxygens (including phenoxy) is 3. The highest BCUT2D eigenvalue weighted by Gasteiger charge is 2.30. The van der Waals surface area contributed by atoms with Crippen LogP contribution in [-0.2, 0) is 23.3 Å². The summed E-state index contributed by atoms with van der Waals surface area (Å²) in [4.78, 5) is 14.6. The molecule has 2 aliphatic rings. The lowest BCUT2D eigenvalue weighted by Gasteiger charge is -2.25. The SMILES string of the molecule is C#N.CCCCCCCCCCCCCCCCCCOCC(COP(O)OCC1CCC(c2ccc3c(N)ncnn23)O1)OCC1CCCCC1. The van der Waals surface area contributed by atoms with Gasteiger partial charge in [0.15, 0.2) is 5.82 Å². The molecule has 0 amide bonds. The van der Waals surface area contributed by atoms with E-state index in [2.05, 4.69) is 23.6 Å². The average Bonchev–Trinajstić information content (AvgIpc) is 3.83. The third-order valence-electron chi connectivity index (χ3n) is 10.4. The molecule has 4 unspecified atom stereocenters. The van der Waals surface area contributed by atoms with Gasteiger partial charge in [0.2, 0.25) is 0 Å². The molecule has 11 nitrogen and oxygen atoms in total. The van der Waals surface area contributed by atoms with E-state index >= 15 is 0 Å². The van der Waals surface area contributed by atoms with E-state index in [1.165, 1.54) is 135 Å². The summed E-state index contributed by atoms with van der Waals surface area (Å²) < 4.78 is 31.8. The summed E-state index contributed by atoms with van der Waals surface area (Å²) in [5.74, 6) is 1.05. The molecular weight excluding hydrogens is 677 g/mol. The maximum absolute atomic E-state index is 10.6. The first-order valence-electron chi connectivity index (χ1n) is 20.6. The number of nitrogens with zero attached hydrogens (tertiary/aromatic N) is 4. The van der Waals surface area contributed by atoms with E-state index in [4.69, 9.17) is 34.3 Å². The number of nitrogen functional groups attached to an aromatic ring is 1. The van der Waals surface area contributed by atoms with E-state index in [-0.39, 0.29) is 31.5 Å². The third kappa shape index (κ3) is 18.0. The van der Waals surface area contributed by atoms with Crippen LogP contribution in [0.15, 0.2) is 18.5 Å². The van der Waals surface area contributed by atoms with E-state index in [9.17, 15) is 4.89 Å². The van der Waals surface area contributed by atoms with Crippen molar-refractivity contribution in [3.63, 3.8) is 0 Å². The molecule has 0 aromatic carbocycles. The molecule has 1 aliphatic heterocycles. The number of unbranched alkanes of at least 4 members (excludes halogenated alkanes) is 15. The molecule has 3 heterocycles. The smallest absolute Gasteiger partial charge is 0.330 e. The summed E-state index contributed by atoms with van der Waals surface area (Å²) >= 11 is 0. The van der Waals surface area contributed by atoms with Gasteiger partial charge in [-0.05, 0) is 50.2 Å². The molecule has 0 radical (unpaired) electrons. The molecule has 0 bridgehead atoms. The Bertz CT molecular complexity index is 1180. The number of hydrogen-bond acceptors (Lipinski definition) is 10. The van der Waals surface area contributed by atoms with Crippen LogP contribution < -0.4 is 5.73 Å². The molecule has 2 aromatic rings. The molecule has 4 atom stereocenters. The summed E-state index contributed by atoms with van der Waals surface area (Å²) in [6.07, 6.45) is 30.8. The van der Waals surface area contributed by atoms with Crippen LogP contribution in [0.25, 0.3) is 5.52 Å². The first kappa shape index (κ1) is 44.5. The molecule has 52 heavy (non-hydrogen) atoms. The van der Waals surface area contributed by atoms with Crippen molar-refractivity contribution in [3.05, 3.63) is 24.2 Å². The van der Waals surface area contributed by atoms with E-state index in [1.54, 1.807) is 4.52 Å². The quantitative estimate of drug-likeness (QED) is 0.0609. The van der Waals surface area contributed by atoms with Gasteiger partial charge in [0.1, 0.15) is 24.1 Å². The summed E-state index contributed by atoms with van der Waals surface area (Å²) in [5, 5.41) is 10.8. The molecule has 3 N–H and O–H groups in total. The summed E-state index contributed by atoms with van der Waals surface area (Å²) in [5.41, 5.74) is 7.70. The minimum atomic E-state index is -2.04. The molecule has 4 rings (SSSR count). The number of nitriles is 1. The first-order chi connectivity index (χ1) is 25.6. The maximum Gasteiger partial charge on any atom is 0.330 e. The Hall–Kier alpha value is -1.90. The predicted molar refractivity (Wildman–Crippen MR) is 209 cm³/mol. The van der Waals surface area contributed by atoms with Gasteiger partial charge in [-0.25, -0.2) is 14.8 Å². The van der Waals surface area contributed by atoms with E-state index in [1.807, 2.05) is 12.1 Å². The molecule has 296 valence electrons. The third-order valence-corrected chi connectivity index (χ3v) is 11.2. The van der Waals surface area contributed by atoms with Gasteiger partial charge >= 0.3 is 8.60 Å². The van der Waals surface area contributed by atoms with Crippen molar-refractivity contribution in [1.82, 2.24) is 14.6 Å². The fourth-order valence-corrected chi connectivity index (χ4v) is 7.99. The van der Waals surface area contributed by atoms with Gasteiger partial charge in [-0.2, -0.15) is 5.10 Å². The van der Waals surface area contributed by atoms with Gasteiger partial charge < -0.3 is 33.9 Å². The van der Waals surface area contributed by atoms with Gasteiger partial charge in [-0.1, -0.05) is 122 Å². The van der Waals surface area contributed by atoms with Gasteiger partial charge in [0.05, 0.1) is 31.6 Å². The average molecular weight is 748 g/mol. The molecule has 2 aromatic heterocycles. The van der Waals surface area contributed by atoms with Crippen molar-refractivity contribution < 1.29 is 28.2 Å². The minimum Gasteiger partial charge on any atom is -0.382 e. The van der Waals surface area contributed by atoms with Crippen LogP contribution in [-0.4, -0.2) is 64.7 Å². The van der Waals surface area contributed by atoms with Crippen LogP contribution in [0.3, 0.4) is 0 Å². The number of fused-ring (bicyclic) bond motifs is 1. The van der Waals surface area contributed by atoms with Crippen LogP contribution >= 0.6 is 8.60 Å². The highest BCUT2D eigenvalue weighted by molar-refractivity contribution is 7.40. The van der Waals surface area contributed by atoms with Crippen molar-refractivity contribution in [2.45, 2.75) is 173 Å². The maximum atomic E-state index is 10.6. The lowest BCUT2D eigenvalue weighted by atomic mass is 9.90. The van der Waals surface area contributed by atoms with Crippen LogP contribution in [0, 0.1) is 17.8 Å². The first-order valence-corrected chi connectivity index (χ1v) is 21.7. The Morgan fingerprint density at radius 2 is 1.48 bits per heavy atom. The zero-order valence-electron chi connectivity index (χ0n) is 32.2. The number of aromatic nitrogens is 3. The van der Waals surface area contributed by atoms with Gasteiger partial charge in [0, 0.05) is 19.8 Å². The second kappa shape index (κ2) is 28.5. The highest BCUT2D eigenvalue weighted by Crippen LogP contribution is 2.38. The molecule has 2 fully saturated rings. The van der Waals surface area contributed by atoms with Gasteiger partial charge in [-0.15, -0.1) is 0 Å². The zero-order valence-corrected chi connectivity index (χ0v) is 33.1. The minimum absolute atomic E-state index is 0.115. The van der Waals surface area contributed by atoms with Crippen molar-refractivity contribution in [2.75, 3.05) is 38.8 Å². The second-order valence-electron chi connectivity index (χ2n) is 14.7. The number of anilines is 1. The van der Waals surface area contributed by atoms with E-state index in [0.717, 1.165) is 43.7 Å². The molecule has 1 saturated carbocycles. The monoisotopic (exact) mass is 748 g/mol. The van der Waals surface area contributed by atoms with Crippen molar-refractivity contribution in [1.29, 1.82) is 5.26 Å². The fraction of sp³-hybridized carbons (Fsp3) is 0.825. The van der Waals surface area contributed by atoms with Gasteiger partial charge in [-0.3, -0.25) is 0 Å². The van der Waals surface area contributed by atoms with Crippen LogP contribution in [0.5, 0.6) is 0 Å². The lowest BCUT2D eigenvalue weighted by Crippen LogP contribution is -2.28. The summed E-state index contributed by atoms with van der Waals surface area (Å²) in [6, 6.07) is 3.89. The van der Waals surface area contributed by atoms with E-state index < -0.39 is 8.60 Å². The Labute approximate surface area is 315 Å². The molecule has 1 saturated heterocycles. The topological polar surface area (TPSA) is 146 Å². The Morgan fingerprint density at radius 3 is 2.13 bits per heavy atom. The normalized spacial score (nSPS) is 19.1. The van der Waals surface area contributed by atoms with Crippen LogP contribution in [0.2, 0.25) is 0 Å². The van der Waals surface area contributed by atoms with Gasteiger partial charge in [0.25, 0.3) is 0 Å².